The Balaban J connectivity index is 1.41. The van der Waals surface area contributed by atoms with Gasteiger partial charge in [-0.3, -0.25) is 0 Å². The van der Waals surface area contributed by atoms with Crippen molar-refractivity contribution in [2.45, 2.75) is 39.5 Å². The van der Waals surface area contributed by atoms with Crippen molar-refractivity contribution < 1.29 is 35.1 Å². The number of nitrogens with zero attached hydrogens (tertiary/aromatic N) is 1. The molecule has 0 fully saturated rings. The molecule has 8 heteroatoms. The molecule has 3 aromatic rings. The second kappa shape index (κ2) is 25.1. The van der Waals surface area contributed by atoms with Crippen LogP contribution < -0.4 is 0 Å². The third-order valence-corrected chi connectivity index (χ3v) is 11.7. The first-order chi connectivity index (χ1) is 33.5. The maximum absolute atomic E-state index is 11.7. The van der Waals surface area contributed by atoms with Crippen LogP contribution in [0.4, 0.5) is 0 Å². The number of allylic oxidation sites excluding steroid dienone is 25. The lowest BCUT2D eigenvalue weighted by Gasteiger charge is -2.28. The summed E-state index contributed by atoms with van der Waals surface area (Å²) in [7, 11) is 0. The van der Waals surface area contributed by atoms with Crippen molar-refractivity contribution in [3.05, 3.63) is 292 Å². The minimum Gasteiger partial charge on any atom is -0.514 e. The summed E-state index contributed by atoms with van der Waals surface area (Å²) in [6.07, 6.45) is 40.4. The topological polar surface area (TPSA) is 138 Å². The van der Waals surface area contributed by atoms with Crippen molar-refractivity contribution in [3.8, 4) is 0 Å². The van der Waals surface area contributed by atoms with Crippen LogP contribution in [0.15, 0.2) is 274 Å². The first kappa shape index (κ1) is 50.2. The van der Waals surface area contributed by atoms with Crippen LogP contribution in [0.1, 0.15) is 41.7 Å². The van der Waals surface area contributed by atoms with Gasteiger partial charge in [0.25, 0.3) is 0 Å². The van der Waals surface area contributed by atoms with Crippen molar-refractivity contribution in [2.75, 3.05) is 13.2 Å². The molecule has 0 saturated carbocycles. The average molecular weight is 920 g/mol. The fraction of sp³-hybridized carbons (Fsp3) is 0.148. The molecule has 1 heterocycles. The zero-order valence-electron chi connectivity index (χ0n) is 39.2. The molecular weight excluding hydrogens is 859 g/mol. The smallest absolute Gasteiger partial charge is 0.160 e. The second-order valence-corrected chi connectivity index (χ2v) is 16.5. The Morgan fingerprint density at radius 2 is 1.62 bits per heavy atom. The Morgan fingerprint density at radius 1 is 0.841 bits per heavy atom. The molecule has 1 atom stereocenters. The van der Waals surface area contributed by atoms with Crippen molar-refractivity contribution in [1.29, 1.82) is 0 Å². The first-order valence-corrected chi connectivity index (χ1v) is 22.9. The molecule has 2 aromatic carbocycles. The second-order valence-electron chi connectivity index (χ2n) is 16.5. The van der Waals surface area contributed by atoms with Crippen LogP contribution in [0.2, 0.25) is 0 Å². The SMILES string of the molecule is C=C/C=C(\C=C/CN(/C(=C\O)C/C(O)=C(/O)C(=C)c1cccc(C)oc2ccccc2c1C)C(/C=C(/O)Cc1ccccc1)=C(\O)CO)C1=CC=CC(C2=CC=CCC=C2)C(C2=CCC=CC=C2)=C1. The molecule has 69 heavy (non-hydrogen) atoms. The maximum Gasteiger partial charge on any atom is 0.160 e. The van der Waals surface area contributed by atoms with E-state index in [1.54, 1.807) is 30.4 Å². The summed E-state index contributed by atoms with van der Waals surface area (Å²) in [4.78, 5) is 1.44. The largest absolute Gasteiger partial charge is 0.514 e. The molecule has 6 rings (SSSR count). The van der Waals surface area contributed by atoms with E-state index in [-0.39, 0.29) is 41.6 Å². The zero-order valence-corrected chi connectivity index (χ0v) is 39.2. The molecule has 352 valence electrons. The van der Waals surface area contributed by atoms with E-state index in [0.29, 0.717) is 16.9 Å². The van der Waals surface area contributed by atoms with Gasteiger partial charge in [-0.15, -0.1) is 0 Å². The molecule has 6 N–H and O–H groups in total. The van der Waals surface area contributed by atoms with Crippen LogP contribution in [0, 0.1) is 19.8 Å². The molecule has 8 nitrogen and oxygen atoms in total. The summed E-state index contributed by atoms with van der Waals surface area (Å²) < 4.78 is 6.07. The normalized spacial score (nSPS) is 17.1. The Bertz CT molecular complexity index is 2940. The molecule has 1 unspecified atom stereocenters. The number of aliphatic hydroxyl groups is 6. The van der Waals surface area contributed by atoms with Crippen LogP contribution in [-0.4, -0.2) is 48.7 Å². The highest BCUT2D eigenvalue weighted by Gasteiger charge is 2.23. The molecule has 0 radical (unpaired) electrons. The van der Waals surface area contributed by atoms with Gasteiger partial charge < -0.3 is 40.0 Å². The van der Waals surface area contributed by atoms with Gasteiger partial charge in [0.15, 0.2) is 5.76 Å². The highest BCUT2D eigenvalue weighted by atomic mass is 16.3. The van der Waals surface area contributed by atoms with E-state index in [9.17, 15) is 30.6 Å². The van der Waals surface area contributed by atoms with E-state index in [4.69, 9.17) is 4.42 Å². The van der Waals surface area contributed by atoms with Crippen molar-refractivity contribution in [3.63, 3.8) is 0 Å². The Labute approximate surface area is 405 Å². The number of aryl methyl sites for hydroxylation is 2. The standard InChI is InChI=1S/C61H61NO7/c1-5-22-47(50-30-20-34-55(48-26-13-6-7-14-27-48)56(38-50)49-28-15-8-9-16-29-49)31-21-36-62(57(59(67)42-64)40-52(65)37-46-24-11-10-12-25-46)51(41-63)39-58(66)61(68)45(4)53-33-19-23-43(2)69-60-35-18-17-32-54(60)44(53)3/h5-6,8-15,17-35,38,40-41,55,63-68H,1,4,7,16,36-37,39,42H2,2-3H3/b31-21-,33-19?,43-23?,47-22+,51-41-,52-40+,53-44?,59-57-,61-58-. The van der Waals surface area contributed by atoms with Crippen LogP contribution in [-0.2, 0) is 6.42 Å². The fourth-order valence-corrected chi connectivity index (χ4v) is 8.17. The van der Waals surface area contributed by atoms with Gasteiger partial charge in [-0.2, -0.15) is 0 Å². The van der Waals surface area contributed by atoms with Gasteiger partial charge in [0.2, 0.25) is 0 Å². The lowest BCUT2D eigenvalue weighted by molar-refractivity contribution is 0.238. The van der Waals surface area contributed by atoms with Crippen LogP contribution in [0.25, 0.3) is 16.5 Å². The molecule has 3 aliphatic rings. The van der Waals surface area contributed by atoms with Gasteiger partial charge in [-0.25, -0.2) is 0 Å². The molecular formula is C61H61NO7. The third-order valence-electron chi connectivity index (χ3n) is 11.7. The van der Waals surface area contributed by atoms with Crippen molar-refractivity contribution in [2.24, 2.45) is 5.92 Å². The van der Waals surface area contributed by atoms with Gasteiger partial charge in [0, 0.05) is 35.9 Å². The van der Waals surface area contributed by atoms with Crippen LogP contribution in [0.3, 0.4) is 0 Å². The third kappa shape index (κ3) is 13.5. The summed E-state index contributed by atoms with van der Waals surface area (Å²) >= 11 is 0. The van der Waals surface area contributed by atoms with Gasteiger partial charge in [0.05, 0.1) is 29.8 Å². The monoisotopic (exact) mass is 919 g/mol. The Morgan fingerprint density at radius 3 is 2.41 bits per heavy atom. The number of benzene rings is 2. The number of hydrogen-bond acceptors (Lipinski definition) is 8. The summed E-state index contributed by atoms with van der Waals surface area (Å²) in [6.45, 7) is 11.0. The zero-order chi connectivity index (χ0) is 49.1. The Hall–Kier alpha value is -8.20. The minimum atomic E-state index is -0.817. The summed E-state index contributed by atoms with van der Waals surface area (Å²) in [5.74, 6) is -1.13. The highest BCUT2D eigenvalue weighted by Crippen LogP contribution is 2.36. The molecule has 3 aliphatic carbocycles. The lowest BCUT2D eigenvalue weighted by Crippen LogP contribution is -2.25. The number of aliphatic hydroxyl groups excluding tert-OH is 6. The molecule has 0 spiro atoms. The Kier molecular flexibility index (Phi) is 18.3. The summed E-state index contributed by atoms with van der Waals surface area (Å²) in [6, 6.07) is 22.0. The van der Waals surface area contributed by atoms with Crippen molar-refractivity contribution in [1.82, 2.24) is 4.90 Å². The van der Waals surface area contributed by atoms with Crippen LogP contribution >= 0.6 is 0 Å². The van der Waals surface area contributed by atoms with E-state index >= 15 is 0 Å². The molecule has 0 saturated heterocycles. The van der Waals surface area contributed by atoms with E-state index in [0.717, 1.165) is 63.5 Å². The number of rotatable bonds is 17. The van der Waals surface area contributed by atoms with Crippen molar-refractivity contribution >= 4 is 16.5 Å². The predicted octanol–water partition coefficient (Wildman–Crippen LogP) is 14.6. The molecule has 0 amide bonds. The lowest BCUT2D eigenvalue weighted by atomic mass is 9.84. The quantitative estimate of drug-likeness (QED) is 0.0582. The maximum atomic E-state index is 11.7. The van der Waals surface area contributed by atoms with Gasteiger partial charge in [0.1, 0.15) is 29.5 Å². The van der Waals surface area contributed by atoms with E-state index in [1.165, 1.54) is 11.0 Å². The van der Waals surface area contributed by atoms with E-state index in [1.807, 2.05) is 92.7 Å². The molecule has 1 aromatic heterocycles. The number of fused-ring (bicyclic) bond motifs is 1. The minimum absolute atomic E-state index is 0.00126. The van der Waals surface area contributed by atoms with Gasteiger partial charge >= 0.3 is 0 Å². The van der Waals surface area contributed by atoms with Gasteiger partial charge in [-0.1, -0.05) is 177 Å². The predicted molar refractivity (Wildman–Crippen MR) is 282 cm³/mol. The van der Waals surface area contributed by atoms with Crippen LogP contribution in [0.5, 0.6) is 0 Å². The summed E-state index contributed by atoms with van der Waals surface area (Å²) in [5.41, 5.74) is 7.76. The van der Waals surface area contributed by atoms with E-state index < -0.39 is 30.3 Å². The molecule has 0 aliphatic heterocycles. The van der Waals surface area contributed by atoms with Gasteiger partial charge in [-0.05, 0) is 89.5 Å². The average Bonchev–Trinajstić information content (AvgIpc) is 3.88. The highest BCUT2D eigenvalue weighted by molar-refractivity contribution is 5.87. The first-order valence-electron chi connectivity index (χ1n) is 22.9. The number of hydrogen-bond donors (Lipinski definition) is 6. The molecule has 0 bridgehead atoms. The number of para-hydroxylation sites is 1. The van der Waals surface area contributed by atoms with E-state index in [2.05, 4.69) is 86.1 Å². The summed E-state index contributed by atoms with van der Waals surface area (Å²) in [5, 5.41) is 68.3. The fourth-order valence-electron chi connectivity index (χ4n) is 8.17.